The van der Waals surface area contributed by atoms with Gasteiger partial charge in [-0.2, -0.15) is 5.26 Å². The highest BCUT2D eigenvalue weighted by Crippen LogP contribution is 2.01. The molecule has 3 heteroatoms. The van der Waals surface area contributed by atoms with Crippen molar-refractivity contribution < 1.29 is 5.11 Å². The third-order valence-corrected chi connectivity index (χ3v) is 1.17. The summed E-state index contributed by atoms with van der Waals surface area (Å²) in [5.41, 5.74) is 0.870. The maximum atomic E-state index is 8.66. The van der Waals surface area contributed by atoms with Crippen molar-refractivity contribution in [2.45, 2.75) is 6.61 Å². The molecule has 0 aliphatic rings. The van der Waals surface area contributed by atoms with E-state index in [1.54, 1.807) is 12.1 Å². The lowest BCUT2D eigenvalue weighted by Gasteiger charge is -1.94. The molecule has 50 valence electrons. The molecule has 10 heavy (non-hydrogen) atoms. The highest BCUT2D eigenvalue weighted by atomic mass is 16.3. The average molecular weight is 134 g/mol. The Bertz CT molecular complexity index is 265. The van der Waals surface area contributed by atoms with Crippen LogP contribution in [0.5, 0.6) is 0 Å². The second-order valence-electron chi connectivity index (χ2n) is 1.78. The van der Waals surface area contributed by atoms with Gasteiger partial charge in [-0.05, 0) is 6.07 Å². The first-order chi connectivity index (χ1) is 4.88. The smallest absolute Gasteiger partial charge is 0.145 e. The van der Waals surface area contributed by atoms with Crippen molar-refractivity contribution in [3.8, 4) is 6.07 Å². The zero-order valence-corrected chi connectivity index (χ0v) is 5.28. The highest BCUT2D eigenvalue weighted by molar-refractivity contribution is 5.29. The lowest BCUT2D eigenvalue weighted by Crippen LogP contribution is -1.91. The fraction of sp³-hybridized carbons (Fsp3) is 0.143. The number of nitriles is 1. The van der Waals surface area contributed by atoms with Crippen LogP contribution in [0.3, 0.4) is 0 Å². The van der Waals surface area contributed by atoms with E-state index in [9.17, 15) is 0 Å². The summed E-state index contributed by atoms with van der Waals surface area (Å²) in [5.74, 6) is 0. The van der Waals surface area contributed by atoms with Crippen molar-refractivity contribution in [1.29, 1.82) is 5.26 Å². The van der Waals surface area contributed by atoms with Crippen molar-refractivity contribution in [3.05, 3.63) is 29.6 Å². The third kappa shape index (κ3) is 1.12. The fourth-order valence-electron chi connectivity index (χ4n) is 0.667. The van der Waals surface area contributed by atoms with E-state index in [0.717, 1.165) is 0 Å². The summed E-state index contributed by atoms with van der Waals surface area (Å²) in [4.78, 5) is 3.75. The molecule has 0 aliphatic heterocycles. The first kappa shape index (κ1) is 6.72. The molecule has 0 aliphatic carbocycles. The molecule has 1 aromatic heterocycles. The zero-order valence-electron chi connectivity index (χ0n) is 5.28. The van der Waals surface area contributed by atoms with Crippen LogP contribution in [0.15, 0.2) is 18.3 Å². The minimum Gasteiger partial charge on any atom is -0.392 e. The van der Waals surface area contributed by atoms with Gasteiger partial charge < -0.3 is 5.11 Å². The fourth-order valence-corrected chi connectivity index (χ4v) is 0.667. The number of aliphatic hydroxyl groups excluding tert-OH is 1. The zero-order chi connectivity index (χ0) is 7.40. The van der Waals surface area contributed by atoms with Crippen molar-refractivity contribution in [2.24, 2.45) is 0 Å². The molecule has 0 amide bonds. The summed E-state index contributed by atoms with van der Waals surface area (Å²) in [7, 11) is 0. The van der Waals surface area contributed by atoms with Crippen molar-refractivity contribution in [3.63, 3.8) is 0 Å². The summed E-state index contributed by atoms with van der Waals surface area (Å²) < 4.78 is 0. The van der Waals surface area contributed by atoms with Crippen molar-refractivity contribution in [1.82, 2.24) is 4.98 Å². The summed E-state index contributed by atoms with van der Waals surface area (Å²) in [5, 5.41) is 17.1. The molecule has 0 spiro atoms. The molecule has 0 atom stereocenters. The molecule has 0 saturated heterocycles. The Hall–Kier alpha value is -1.40. The molecule has 0 saturated carbocycles. The van der Waals surface area contributed by atoms with Crippen LogP contribution in [0, 0.1) is 11.3 Å². The third-order valence-electron chi connectivity index (χ3n) is 1.17. The second-order valence-corrected chi connectivity index (χ2v) is 1.78. The van der Waals surface area contributed by atoms with Gasteiger partial charge in [-0.25, -0.2) is 4.98 Å². The van der Waals surface area contributed by atoms with E-state index >= 15 is 0 Å². The maximum absolute atomic E-state index is 8.66. The molecule has 0 bridgehead atoms. The maximum Gasteiger partial charge on any atom is 0.145 e. The molecule has 1 N–H and O–H groups in total. The SMILES string of the molecule is N#Cc1ncccc1CO. The molecule has 0 aromatic carbocycles. The van der Waals surface area contributed by atoms with Gasteiger partial charge in [0.15, 0.2) is 0 Å². The number of hydrogen-bond donors (Lipinski definition) is 1. The Kier molecular flexibility index (Phi) is 1.98. The molecule has 1 rings (SSSR count). The van der Waals surface area contributed by atoms with Gasteiger partial charge in [0.05, 0.1) is 6.61 Å². The predicted octanol–water partition coefficient (Wildman–Crippen LogP) is 0.446. The molecule has 1 heterocycles. The van der Waals surface area contributed by atoms with Gasteiger partial charge >= 0.3 is 0 Å². The largest absolute Gasteiger partial charge is 0.392 e. The lowest BCUT2D eigenvalue weighted by atomic mass is 10.2. The molecular weight excluding hydrogens is 128 g/mol. The number of pyridine rings is 1. The molecule has 3 nitrogen and oxygen atoms in total. The van der Waals surface area contributed by atoms with Gasteiger partial charge in [0.25, 0.3) is 0 Å². The van der Waals surface area contributed by atoms with Gasteiger partial charge in [-0.3, -0.25) is 0 Å². The minimum atomic E-state index is -0.128. The molecule has 0 unspecified atom stereocenters. The van der Waals surface area contributed by atoms with E-state index in [1.165, 1.54) is 6.20 Å². The van der Waals surface area contributed by atoms with E-state index in [1.807, 2.05) is 6.07 Å². The Balaban J connectivity index is 3.12. The standard InChI is InChI=1S/C7H6N2O/c8-4-7-6(5-10)2-1-3-9-7/h1-3,10H,5H2. The topological polar surface area (TPSA) is 56.9 Å². The van der Waals surface area contributed by atoms with Crippen LogP contribution < -0.4 is 0 Å². The highest BCUT2D eigenvalue weighted by Gasteiger charge is 1.97. The molecule has 0 radical (unpaired) electrons. The Labute approximate surface area is 58.6 Å². The monoisotopic (exact) mass is 134 g/mol. The summed E-state index contributed by atoms with van der Waals surface area (Å²) in [6.45, 7) is -0.128. The Morgan fingerprint density at radius 2 is 2.50 bits per heavy atom. The molecular formula is C7H6N2O. The summed E-state index contributed by atoms with van der Waals surface area (Å²) in [6, 6.07) is 5.23. The quantitative estimate of drug-likeness (QED) is 0.606. The lowest BCUT2D eigenvalue weighted by molar-refractivity contribution is 0.281. The average Bonchev–Trinajstić information content (AvgIpc) is 2.04. The number of aliphatic hydroxyl groups is 1. The minimum absolute atomic E-state index is 0.128. The van der Waals surface area contributed by atoms with E-state index in [-0.39, 0.29) is 6.61 Å². The number of nitrogens with zero attached hydrogens (tertiary/aromatic N) is 2. The van der Waals surface area contributed by atoms with Gasteiger partial charge in [0.1, 0.15) is 11.8 Å². The van der Waals surface area contributed by atoms with Crippen LogP contribution in [0.2, 0.25) is 0 Å². The van der Waals surface area contributed by atoms with Crippen LogP contribution in [0.1, 0.15) is 11.3 Å². The number of aromatic nitrogens is 1. The van der Waals surface area contributed by atoms with E-state index in [4.69, 9.17) is 10.4 Å². The van der Waals surface area contributed by atoms with Gasteiger partial charge in [0, 0.05) is 11.8 Å². The molecule has 1 aromatic rings. The van der Waals surface area contributed by atoms with Gasteiger partial charge in [0.2, 0.25) is 0 Å². The van der Waals surface area contributed by atoms with Crippen molar-refractivity contribution >= 4 is 0 Å². The van der Waals surface area contributed by atoms with Crippen LogP contribution in [0.25, 0.3) is 0 Å². The summed E-state index contributed by atoms with van der Waals surface area (Å²) >= 11 is 0. The van der Waals surface area contributed by atoms with E-state index in [2.05, 4.69) is 4.98 Å². The van der Waals surface area contributed by atoms with Crippen LogP contribution in [-0.2, 0) is 6.61 Å². The second kappa shape index (κ2) is 2.95. The van der Waals surface area contributed by atoms with Crippen LogP contribution in [-0.4, -0.2) is 10.1 Å². The van der Waals surface area contributed by atoms with E-state index < -0.39 is 0 Å². The van der Waals surface area contributed by atoms with E-state index in [0.29, 0.717) is 11.3 Å². The Morgan fingerprint density at radius 3 is 3.00 bits per heavy atom. The van der Waals surface area contributed by atoms with Crippen LogP contribution in [0.4, 0.5) is 0 Å². The normalized spacial score (nSPS) is 8.80. The van der Waals surface area contributed by atoms with Gasteiger partial charge in [-0.1, -0.05) is 6.07 Å². The predicted molar refractivity (Wildman–Crippen MR) is 34.9 cm³/mol. The summed E-state index contributed by atoms with van der Waals surface area (Å²) in [6.07, 6.45) is 1.53. The first-order valence-corrected chi connectivity index (χ1v) is 2.83. The first-order valence-electron chi connectivity index (χ1n) is 2.83. The van der Waals surface area contributed by atoms with Crippen molar-refractivity contribution in [2.75, 3.05) is 0 Å². The van der Waals surface area contributed by atoms with Gasteiger partial charge in [-0.15, -0.1) is 0 Å². The Morgan fingerprint density at radius 1 is 1.70 bits per heavy atom. The number of hydrogen-bond acceptors (Lipinski definition) is 3. The molecule has 0 fully saturated rings. The van der Waals surface area contributed by atoms with Crippen LogP contribution >= 0.6 is 0 Å². The number of rotatable bonds is 1.